The van der Waals surface area contributed by atoms with Crippen molar-refractivity contribution < 1.29 is 14.4 Å². The Kier molecular flexibility index (Phi) is 8.65. The number of rotatable bonds is 5. The van der Waals surface area contributed by atoms with Gasteiger partial charge in [0.15, 0.2) is 5.78 Å². The second-order valence-electron chi connectivity index (χ2n) is 5.60. The van der Waals surface area contributed by atoms with Crippen molar-refractivity contribution in [2.24, 2.45) is 0 Å². The van der Waals surface area contributed by atoms with E-state index >= 15 is 0 Å². The van der Waals surface area contributed by atoms with E-state index in [4.69, 9.17) is 0 Å². The van der Waals surface area contributed by atoms with E-state index in [-0.39, 0.29) is 24.1 Å². The van der Waals surface area contributed by atoms with Gasteiger partial charge in [-0.25, -0.2) is 0 Å². The summed E-state index contributed by atoms with van der Waals surface area (Å²) in [4.78, 5) is 34.0. The van der Waals surface area contributed by atoms with Gasteiger partial charge in [-0.15, -0.1) is 0 Å². The average Bonchev–Trinajstić information content (AvgIpc) is 2.61. The van der Waals surface area contributed by atoms with E-state index in [2.05, 4.69) is 29.7 Å². The molecule has 1 unspecified atom stereocenters. The lowest BCUT2D eigenvalue weighted by Crippen LogP contribution is -2.43. The smallest absolute Gasteiger partial charge is 0.251 e. The van der Waals surface area contributed by atoms with Gasteiger partial charge < -0.3 is 10.6 Å². The fraction of sp³-hybridized carbons (Fsp3) is 0.250. The van der Waals surface area contributed by atoms with Crippen molar-refractivity contribution in [3.63, 3.8) is 0 Å². The first-order valence-electron chi connectivity index (χ1n) is 8.05. The zero-order valence-electron chi connectivity index (χ0n) is 14.8. The molecule has 5 nitrogen and oxygen atoms in total. The molecule has 0 saturated heterocycles. The highest BCUT2D eigenvalue weighted by atomic mass is 16.2. The fourth-order valence-corrected chi connectivity index (χ4v) is 1.78. The topological polar surface area (TPSA) is 75.3 Å². The maximum Gasteiger partial charge on any atom is 0.251 e. The molecular weight excluding hydrogens is 316 g/mol. The summed E-state index contributed by atoms with van der Waals surface area (Å²) in [6.07, 6.45) is 0. The summed E-state index contributed by atoms with van der Waals surface area (Å²) in [5.41, 5.74) is 1.81. The van der Waals surface area contributed by atoms with E-state index in [1.807, 2.05) is 18.2 Å². The molecule has 2 amide bonds. The monoisotopic (exact) mass is 340 g/mol. The third-order valence-corrected chi connectivity index (χ3v) is 3.37. The van der Waals surface area contributed by atoms with Gasteiger partial charge >= 0.3 is 0 Å². The lowest BCUT2D eigenvalue weighted by atomic mass is 10.2. The normalized spacial score (nSPS) is 10.7. The molecule has 2 N–H and O–H groups in total. The summed E-state index contributed by atoms with van der Waals surface area (Å²) in [5, 5.41) is 4.96. The number of carbonyl (C=O) groups excluding carboxylic acids is 3. The van der Waals surface area contributed by atoms with Crippen LogP contribution in [0.3, 0.4) is 0 Å². The van der Waals surface area contributed by atoms with Crippen LogP contribution >= 0.6 is 0 Å². The van der Waals surface area contributed by atoms with Gasteiger partial charge in [0, 0.05) is 5.56 Å². The molecule has 0 aliphatic rings. The largest absolute Gasteiger partial charge is 0.345 e. The summed E-state index contributed by atoms with van der Waals surface area (Å²) in [6.45, 7) is 4.93. The van der Waals surface area contributed by atoms with Gasteiger partial charge in [-0.3, -0.25) is 14.4 Å². The van der Waals surface area contributed by atoms with Crippen molar-refractivity contribution in [3.8, 4) is 0 Å². The Morgan fingerprint density at radius 2 is 1.44 bits per heavy atom. The lowest BCUT2D eigenvalue weighted by Gasteiger charge is -2.11. The minimum absolute atomic E-state index is 0.127. The minimum Gasteiger partial charge on any atom is -0.345 e. The van der Waals surface area contributed by atoms with Crippen LogP contribution in [-0.2, 0) is 9.59 Å². The molecule has 2 aromatic rings. The predicted octanol–water partition coefficient (Wildman–Crippen LogP) is 2.51. The maximum atomic E-state index is 11.6. The standard InChI is InChI=1S/C13H16N2O3.C7H8/c1-9(10(2)16)15-12(17)8-14-13(18)11-6-4-3-5-7-11;1-7-5-3-2-4-6-7/h3-7,9H,8H2,1-2H3,(H,14,18)(H,15,17);2-6H,1H3. The molecular formula is C20H24N2O3. The number of benzene rings is 2. The van der Waals surface area contributed by atoms with Gasteiger partial charge in [0.25, 0.3) is 5.91 Å². The van der Waals surface area contributed by atoms with Crippen LogP contribution in [0, 0.1) is 6.92 Å². The molecule has 25 heavy (non-hydrogen) atoms. The summed E-state index contributed by atoms with van der Waals surface area (Å²) in [7, 11) is 0. The molecule has 0 radical (unpaired) electrons. The molecule has 2 aromatic carbocycles. The second kappa shape index (κ2) is 10.8. The number of ketones is 1. The van der Waals surface area contributed by atoms with Crippen LogP contribution in [0.4, 0.5) is 0 Å². The van der Waals surface area contributed by atoms with Gasteiger partial charge in [-0.05, 0) is 32.9 Å². The summed E-state index contributed by atoms with van der Waals surface area (Å²) < 4.78 is 0. The van der Waals surface area contributed by atoms with Crippen molar-refractivity contribution >= 4 is 17.6 Å². The van der Waals surface area contributed by atoms with Gasteiger partial charge in [0.05, 0.1) is 12.6 Å². The fourth-order valence-electron chi connectivity index (χ4n) is 1.78. The molecule has 0 saturated carbocycles. The first-order valence-corrected chi connectivity index (χ1v) is 8.05. The Hall–Kier alpha value is -2.95. The zero-order chi connectivity index (χ0) is 18.7. The van der Waals surface area contributed by atoms with E-state index in [0.717, 1.165) is 0 Å². The molecule has 0 aliphatic heterocycles. The molecule has 2 rings (SSSR count). The number of Topliss-reactive ketones (excluding diaryl/α,β-unsaturated/α-hetero) is 1. The van der Waals surface area contributed by atoms with E-state index < -0.39 is 6.04 Å². The van der Waals surface area contributed by atoms with Crippen LogP contribution in [0.15, 0.2) is 60.7 Å². The van der Waals surface area contributed by atoms with E-state index in [1.54, 1.807) is 37.3 Å². The Labute approximate surface area is 148 Å². The van der Waals surface area contributed by atoms with Crippen LogP contribution in [0.2, 0.25) is 0 Å². The lowest BCUT2D eigenvalue weighted by molar-refractivity contribution is -0.125. The highest BCUT2D eigenvalue weighted by Gasteiger charge is 2.12. The highest BCUT2D eigenvalue weighted by molar-refractivity contribution is 5.97. The molecule has 5 heteroatoms. The minimum atomic E-state index is -0.536. The quantitative estimate of drug-likeness (QED) is 0.878. The number of aryl methyl sites for hydroxylation is 1. The second-order valence-corrected chi connectivity index (χ2v) is 5.60. The number of nitrogens with one attached hydrogen (secondary N) is 2. The van der Waals surface area contributed by atoms with Crippen molar-refractivity contribution in [1.29, 1.82) is 0 Å². The molecule has 132 valence electrons. The Morgan fingerprint density at radius 3 is 1.88 bits per heavy atom. The highest BCUT2D eigenvalue weighted by Crippen LogP contribution is 1.97. The van der Waals surface area contributed by atoms with Crippen molar-refractivity contribution in [3.05, 3.63) is 71.8 Å². The molecule has 0 aliphatic carbocycles. The van der Waals surface area contributed by atoms with Crippen molar-refractivity contribution in [1.82, 2.24) is 10.6 Å². The van der Waals surface area contributed by atoms with Gasteiger partial charge in [-0.2, -0.15) is 0 Å². The predicted molar refractivity (Wildman–Crippen MR) is 98.2 cm³/mol. The molecule has 0 bridgehead atoms. The molecule has 0 aromatic heterocycles. The molecule has 0 spiro atoms. The summed E-state index contributed by atoms with van der Waals surface area (Å²) >= 11 is 0. The van der Waals surface area contributed by atoms with Crippen molar-refractivity contribution in [2.45, 2.75) is 26.8 Å². The summed E-state index contributed by atoms with van der Waals surface area (Å²) in [6, 6.07) is 18.3. The maximum absolute atomic E-state index is 11.6. The molecule has 1 atom stereocenters. The van der Waals surface area contributed by atoms with Crippen molar-refractivity contribution in [2.75, 3.05) is 6.54 Å². The van der Waals surface area contributed by atoms with Gasteiger partial charge in [-0.1, -0.05) is 54.1 Å². The van der Waals surface area contributed by atoms with E-state index in [0.29, 0.717) is 5.56 Å². The van der Waals surface area contributed by atoms with Crippen LogP contribution < -0.4 is 10.6 Å². The average molecular weight is 340 g/mol. The third kappa shape index (κ3) is 8.46. The van der Waals surface area contributed by atoms with Crippen LogP contribution in [-0.4, -0.2) is 30.2 Å². The zero-order valence-corrected chi connectivity index (χ0v) is 14.8. The summed E-state index contributed by atoms with van der Waals surface area (Å²) in [5.74, 6) is -0.832. The first kappa shape index (κ1) is 20.1. The number of carbonyl (C=O) groups is 3. The van der Waals surface area contributed by atoms with E-state index in [1.165, 1.54) is 12.5 Å². The first-order chi connectivity index (χ1) is 11.9. The van der Waals surface area contributed by atoms with Crippen LogP contribution in [0.5, 0.6) is 0 Å². The van der Waals surface area contributed by atoms with E-state index in [9.17, 15) is 14.4 Å². The molecule has 0 heterocycles. The van der Waals surface area contributed by atoms with Crippen LogP contribution in [0.25, 0.3) is 0 Å². The third-order valence-electron chi connectivity index (χ3n) is 3.37. The number of hydrogen-bond acceptors (Lipinski definition) is 3. The number of amides is 2. The molecule has 0 fully saturated rings. The van der Waals surface area contributed by atoms with Crippen LogP contribution in [0.1, 0.15) is 29.8 Å². The Balaban J connectivity index is 0.000000370. The Morgan fingerprint density at radius 1 is 0.920 bits per heavy atom. The SMILES string of the molecule is CC(=O)C(C)NC(=O)CNC(=O)c1ccccc1.Cc1ccccc1. The van der Waals surface area contributed by atoms with Gasteiger partial charge in [0.2, 0.25) is 5.91 Å². The Bertz CT molecular complexity index is 685. The number of hydrogen-bond donors (Lipinski definition) is 2. The van der Waals surface area contributed by atoms with Gasteiger partial charge in [0.1, 0.15) is 0 Å².